The molecule has 0 saturated carbocycles. The van der Waals surface area contributed by atoms with Crippen molar-refractivity contribution < 1.29 is 24.1 Å². The van der Waals surface area contributed by atoms with Gasteiger partial charge >= 0.3 is 5.97 Å². The van der Waals surface area contributed by atoms with Crippen LogP contribution in [-0.2, 0) is 28.1 Å². The highest BCUT2D eigenvalue weighted by molar-refractivity contribution is 5.97. The van der Waals surface area contributed by atoms with E-state index >= 15 is 0 Å². The van der Waals surface area contributed by atoms with E-state index < -0.39 is 5.60 Å². The lowest BCUT2D eigenvalue weighted by Crippen LogP contribution is -2.33. The van der Waals surface area contributed by atoms with Gasteiger partial charge in [0.05, 0.1) is 18.3 Å². The number of fused-ring (bicyclic) bond motifs is 1. The molecule has 1 heterocycles. The first kappa shape index (κ1) is 24.0. The second-order valence-corrected chi connectivity index (χ2v) is 9.31. The molecule has 0 radical (unpaired) electrons. The zero-order valence-corrected chi connectivity index (χ0v) is 20.4. The number of ether oxygens (including phenoxy) is 3. The van der Waals surface area contributed by atoms with Gasteiger partial charge in [-0.3, -0.25) is 0 Å². The SMILES string of the molecule is COC(=O)c1cc(Cc2ccccc2)c2ccc(OCc3cccc(C4(O)CCOCC4)c3)cc2c1. The quantitative estimate of drug-likeness (QED) is 0.338. The van der Waals surface area contributed by atoms with Crippen LogP contribution in [0.25, 0.3) is 10.8 Å². The molecule has 36 heavy (non-hydrogen) atoms. The van der Waals surface area contributed by atoms with Gasteiger partial charge in [-0.2, -0.15) is 0 Å². The van der Waals surface area contributed by atoms with E-state index in [0.29, 0.717) is 50.4 Å². The van der Waals surface area contributed by atoms with Crippen LogP contribution in [0.2, 0.25) is 0 Å². The summed E-state index contributed by atoms with van der Waals surface area (Å²) in [5.74, 6) is 0.353. The van der Waals surface area contributed by atoms with Crippen molar-refractivity contribution in [2.75, 3.05) is 20.3 Å². The summed E-state index contributed by atoms with van der Waals surface area (Å²) in [6, 6.07) is 27.9. The van der Waals surface area contributed by atoms with Crippen LogP contribution in [0, 0.1) is 0 Å². The summed E-state index contributed by atoms with van der Waals surface area (Å²) in [7, 11) is 1.40. The first-order chi connectivity index (χ1) is 17.5. The lowest BCUT2D eigenvalue weighted by Gasteiger charge is -2.32. The fourth-order valence-corrected chi connectivity index (χ4v) is 4.83. The van der Waals surface area contributed by atoms with Crippen LogP contribution in [-0.4, -0.2) is 31.4 Å². The van der Waals surface area contributed by atoms with E-state index in [1.165, 1.54) is 12.7 Å². The Hall–Kier alpha value is -3.67. The van der Waals surface area contributed by atoms with Gasteiger partial charge in [0, 0.05) is 26.1 Å². The lowest BCUT2D eigenvalue weighted by atomic mass is 9.86. The van der Waals surface area contributed by atoms with Crippen LogP contribution < -0.4 is 4.74 Å². The van der Waals surface area contributed by atoms with Gasteiger partial charge in [-0.15, -0.1) is 0 Å². The van der Waals surface area contributed by atoms with Gasteiger partial charge < -0.3 is 19.3 Å². The molecule has 184 valence electrons. The number of rotatable bonds is 7. The lowest BCUT2D eigenvalue weighted by molar-refractivity contribution is -0.0679. The smallest absolute Gasteiger partial charge is 0.337 e. The van der Waals surface area contributed by atoms with E-state index in [9.17, 15) is 9.90 Å². The second-order valence-electron chi connectivity index (χ2n) is 9.31. The van der Waals surface area contributed by atoms with Crippen molar-refractivity contribution in [3.05, 3.63) is 113 Å². The van der Waals surface area contributed by atoms with Crippen LogP contribution in [0.5, 0.6) is 5.75 Å². The average molecular weight is 483 g/mol. The highest BCUT2D eigenvalue weighted by atomic mass is 16.5. The summed E-state index contributed by atoms with van der Waals surface area (Å²) in [5, 5.41) is 13.0. The minimum Gasteiger partial charge on any atom is -0.489 e. The Morgan fingerprint density at radius 1 is 0.917 bits per heavy atom. The van der Waals surface area contributed by atoms with Crippen LogP contribution in [0.3, 0.4) is 0 Å². The van der Waals surface area contributed by atoms with E-state index in [4.69, 9.17) is 14.2 Å². The molecule has 0 spiro atoms. The molecule has 0 atom stereocenters. The Morgan fingerprint density at radius 2 is 1.69 bits per heavy atom. The molecular weight excluding hydrogens is 452 g/mol. The van der Waals surface area contributed by atoms with E-state index in [2.05, 4.69) is 12.1 Å². The highest BCUT2D eigenvalue weighted by Crippen LogP contribution is 2.33. The number of hydrogen-bond acceptors (Lipinski definition) is 5. The van der Waals surface area contributed by atoms with Gasteiger partial charge in [-0.05, 0) is 69.8 Å². The zero-order chi connectivity index (χ0) is 25.0. The number of carbonyl (C=O) groups is 1. The Morgan fingerprint density at radius 3 is 2.47 bits per heavy atom. The molecule has 4 aromatic carbocycles. The average Bonchev–Trinajstić information content (AvgIpc) is 2.92. The Kier molecular flexibility index (Phi) is 7.03. The van der Waals surface area contributed by atoms with Crippen molar-refractivity contribution >= 4 is 16.7 Å². The first-order valence-electron chi connectivity index (χ1n) is 12.3. The molecule has 1 fully saturated rings. The molecule has 5 nitrogen and oxygen atoms in total. The molecule has 1 saturated heterocycles. The molecular formula is C31H30O5. The van der Waals surface area contributed by atoms with E-state index in [1.807, 2.05) is 72.8 Å². The minimum absolute atomic E-state index is 0.361. The summed E-state index contributed by atoms with van der Waals surface area (Å²) in [6.07, 6.45) is 1.90. The minimum atomic E-state index is -0.851. The summed E-state index contributed by atoms with van der Waals surface area (Å²) < 4.78 is 16.5. The molecule has 4 aromatic rings. The zero-order valence-electron chi connectivity index (χ0n) is 20.4. The number of esters is 1. The third-order valence-electron chi connectivity index (χ3n) is 6.86. The topological polar surface area (TPSA) is 65.0 Å². The van der Waals surface area contributed by atoms with E-state index in [1.54, 1.807) is 0 Å². The summed E-state index contributed by atoms with van der Waals surface area (Å²) >= 11 is 0. The maximum atomic E-state index is 12.4. The molecule has 0 bridgehead atoms. The van der Waals surface area contributed by atoms with Gasteiger partial charge in [0.1, 0.15) is 12.4 Å². The van der Waals surface area contributed by atoms with E-state index in [-0.39, 0.29) is 5.97 Å². The molecule has 1 N–H and O–H groups in total. The van der Waals surface area contributed by atoms with Crippen LogP contribution >= 0.6 is 0 Å². The van der Waals surface area contributed by atoms with Gasteiger partial charge in [0.15, 0.2) is 0 Å². The molecule has 0 amide bonds. The highest BCUT2D eigenvalue weighted by Gasteiger charge is 2.31. The molecule has 0 unspecified atom stereocenters. The van der Waals surface area contributed by atoms with Crippen LogP contribution in [0.1, 0.15) is 45.5 Å². The van der Waals surface area contributed by atoms with Gasteiger partial charge in [-0.1, -0.05) is 54.6 Å². The van der Waals surface area contributed by atoms with Crippen molar-refractivity contribution in [3.63, 3.8) is 0 Å². The fourth-order valence-electron chi connectivity index (χ4n) is 4.83. The molecule has 0 aromatic heterocycles. The van der Waals surface area contributed by atoms with Crippen molar-refractivity contribution in [1.82, 2.24) is 0 Å². The number of methoxy groups -OCH3 is 1. The largest absolute Gasteiger partial charge is 0.489 e. The Balaban J connectivity index is 1.40. The predicted octanol–water partition coefficient (Wildman–Crippen LogP) is 5.79. The number of benzene rings is 4. The van der Waals surface area contributed by atoms with Crippen molar-refractivity contribution in [2.45, 2.75) is 31.5 Å². The summed E-state index contributed by atoms with van der Waals surface area (Å²) in [6.45, 7) is 1.50. The molecule has 5 heteroatoms. The number of aliphatic hydroxyl groups is 1. The molecule has 0 aliphatic carbocycles. The van der Waals surface area contributed by atoms with Gasteiger partial charge in [0.25, 0.3) is 0 Å². The van der Waals surface area contributed by atoms with Gasteiger partial charge in [-0.25, -0.2) is 4.79 Å². The fraction of sp³-hybridized carbons (Fsp3) is 0.258. The normalized spacial score (nSPS) is 14.9. The Bertz CT molecular complexity index is 1360. The third-order valence-corrected chi connectivity index (χ3v) is 6.86. The molecule has 5 rings (SSSR count). The third kappa shape index (κ3) is 5.27. The maximum absolute atomic E-state index is 12.4. The predicted molar refractivity (Wildman–Crippen MR) is 139 cm³/mol. The van der Waals surface area contributed by atoms with Crippen molar-refractivity contribution in [1.29, 1.82) is 0 Å². The van der Waals surface area contributed by atoms with Gasteiger partial charge in [0.2, 0.25) is 0 Å². The van der Waals surface area contributed by atoms with Crippen LogP contribution in [0.4, 0.5) is 0 Å². The number of hydrogen-bond donors (Lipinski definition) is 1. The molecule has 1 aliphatic heterocycles. The standard InChI is InChI=1S/C31H30O5/c1-34-30(32)26-18-24(16-22-6-3-2-4-7-22)29-11-10-28(20-25(29)19-26)36-21-23-8-5-9-27(17-23)31(33)12-14-35-15-13-31/h2-11,17-20,33H,12-16,21H2,1H3. The maximum Gasteiger partial charge on any atom is 0.337 e. The Labute approximate surface area is 211 Å². The van der Waals surface area contributed by atoms with Crippen molar-refractivity contribution in [3.8, 4) is 5.75 Å². The van der Waals surface area contributed by atoms with E-state index in [0.717, 1.165) is 27.5 Å². The molecule has 1 aliphatic rings. The van der Waals surface area contributed by atoms with Crippen LogP contribution in [0.15, 0.2) is 84.9 Å². The number of carbonyl (C=O) groups excluding carboxylic acids is 1. The van der Waals surface area contributed by atoms with Crippen molar-refractivity contribution in [2.24, 2.45) is 0 Å². The summed E-state index contributed by atoms with van der Waals surface area (Å²) in [5.41, 5.74) is 3.79. The monoisotopic (exact) mass is 482 g/mol. The first-order valence-corrected chi connectivity index (χ1v) is 12.3. The summed E-state index contributed by atoms with van der Waals surface area (Å²) in [4.78, 5) is 12.4. The second kappa shape index (κ2) is 10.5.